The maximum atomic E-state index is 13.4. The van der Waals surface area contributed by atoms with Crippen LogP contribution < -0.4 is 21.8 Å². The van der Waals surface area contributed by atoms with Crippen LogP contribution in [0.2, 0.25) is 0 Å². The minimum absolute atomic E-state index is 0.0369. The second-order valence-corrected chi connectivity index (χ2v) is 7.18. The normalized spacial score (nSPS) is 24.7. The van der Waals surface area contributed by atoms with E-state index >= 15 is 0 Å². The van der Waals surface area contributed by atoms with Crippen molar-refractivity contribution < 1.29 is 19.3 Å². The van der Waals surface area contributed by atoms with Crippen LogP contribution >= 0.6 is 15.9 Å². The summed E-state index contributed by atoms with van der Waals surface area (Å²) < 4.78 is 13.6. The summed E-state index contributed by atoms with van der Waals surface area (Å²) in [5.41, 5.74) is 7.93. The van der Waals surface area contributed by atoms with E-state index in [2.05, 4.69) is 37.2 Å². The Morgan fingerprint density at radius 3 is 2.85 bits per heavy atom. The molecule has 2 atom stereocenters. The van der Waals surface area contributed by atoms with Crippen molar-refractivity contribution in [2.24, 2.45) is 10.9 Å². The highest BCUT2D eigenvalue weighted by atomic mass is 79.9. The Hall–Kier alpha value is -1.43. The number of piperidine rings is 1. The molecule has 26 heavy (non-hydrogen) atoms. The first-order valence-corrected chi connectivity index (χ1v) is 9.22. The minimum Gasteiger partial charge on any atom is -0.317 e. The number of halogens is 2. The third-order valence-corrected chi connectivity index (χ3v) is 5.18. The largest absolute Gasteiger partial charge is 0.317 e. The van der Waals surface area contributed by atoms with Gasteiger partial charge in [-0.05, 0) is 60.1 Å². The molecule has 0 aromatic heterocycles. The summed E-state index contributed by atoms with van der Waals surface area (Å²) in [5.74, 6) is -0.0496. The second-order valence-electron chi connectivity index (χ2n) is 6.32. The number of rotatable bonds is 5. The molecule has 2 fully saturated rings. The molecular weight excluding hydrogens is 409 g/mol. The molecule has 2 aliphatic heterocycles. The van der Waals surface area contributed by atoms with Gasteiger partial charge >= 0.3 is 0 Å². The first kappa shape index (κ1) is 19.3. The lowest BCUT2D eigenvalue weighted by Crippen LogP contribution is -2.47. The molecular formula is C16H21BrFN5O3. The van der Waals surface area contributed by atoms with Gasteiger partial charge < -0.3 is 5.32 Å². The van der Waals surface area contributed by atoms with Gasteiger partial charge in [-0.3, -0.25) is 15.5 Å². The van der Waals surface area contributed by atoms with Crippen molar-refractivity contribution in [1.29, 1.82) is 0 Å². The van der Waals surface area contributed by atoms with Crippen LogP contribution in [0.3, 0.4) is 0 Å². The fourth-order valence-electron chi connectivity index (χ4n) is 3.11. The van der Waals surface area contributed by atoms with E-state index in [1.54, 1.807) is 0 Å². The highest BCUT2D eigenvalue weighted by molar-refractivity contribution is 9.10. The summed E-state index contributed by atoms with van der Waals surface area (Å²) in [7, 11) is 0. The maximum Gasteiger partial charge on any atom is 0.147 e. The van der Waals surface area contributed by atoms with Gasteiger partial charge in [-0.15, -0.1) is 0 Å². The summed E-state index contributed by atoms with van der Waals surface area (Å²) in [4.78, 5) is 21.9. The Balaban J connectivity index is 1.71. The number of hydrogen-bond acceptors (Lipinski definition) is 7. The molecule has 2 saturated heterocycles. The van der Waals surface area contributed by atoms with E-state index in [0.717, 1.165) is 25.9 Å². The maximum absolute atomic E-state index is 13.4. The van der Waals surface area contributed by atoms with Crippen molar-refractivity contribution in [1.82, 2.24) is 21.8 Å². The molecule has 3 rings (SSSR count). The van der Waals surface area contributed by atoms with Crippen molar-refractivity contribution >= 4 is 33.2 Å². The molecule has 2 heterocycles. The number of hydrogen-bond donors (Lipinski definition) is 5. The smallest absolute Gasteiger partial charge is 0.147 e. The molecule has 5 N–H and O–H groups in total. The van der Waals surface area contributed by atoms with Crippen molar-refractivity contribution in [2.45, 2.75) is 31.3 Å². The number of carbonyl (C=O) groups excluding carboxylic acids is 1. The topological polar surface area (TPSA) is 107 Å². The van der Waals surface area contributed by atoms with E-state index in [9.17, 15) is 14.4 Å². The van der Waals surface area contributed by atoms with Crippen LogP contribution in [0.4, 0.5) is 10.1 Å². The van der Waals surface area contributed by atoms with Gasteiger partial charge in [-0.25, -0.2) is 14.3 Å². The van der Waals surface area contributed by atoms with Gasteiger partial charge in [0.1, 0.15) is 23.5 Å². The number of hydroxylamine groups is 3. The SMILES string of the molecule is O=C(CC1NONC1C(=Nc1ccc(F)c(Br)c1)NO)C1CCNCC1. The number of nitrogens with one attached hydrogen (secondary N) is 4. The predicted molar refractivity (Wildman–Crippen MR) is 96.3 cm³/mol. The van der Waals surface area contributed by atoms with Crippen molar-refractivity contribution in [3.05, 3.63) is 28.5 Å². The highest BCUT2D eigenvalue weighted by Crippen LogP contribution is 2.23. The first-order chi connectivity index (χ1) is 12.6. The highest BCUT2D eigenvalue weighted by Gasteiger charge is 2.35. The molecule has 0 spiro atoms. The van der Waals surface area contributed by atoms with E-state index < -0.39 is 11.9 Å². The summed E-state index contributed by atoms with van der Waals surface area (Å²) in [6, 6.07) is 3.29. The first-order valence-electron chi connectivity index (χ1n) is 8.42. The monoisotopic (exact) mass is 429 g/mol. The zero-order valence-corrected chi connectivity index (χ0v) is 15.6. The van der Waals surface area contributed by atoms with Crippen LogP contribution in [0, 0.1) is 11.7 Å². The molecule has 2 unspecified atom stereocenters. The summed E-state index contributed by atoms with van der Waals surface area (Å²) >= 11 is 3.10. The molecule has 10 heteroatoms. The Labute approximate surface area is 158 Å². The Kier molecular flexibility index (Phi) is 6.68. The zero-order valence-electron chi connectivity index (χ0n) is 14.0. The van der Waals surface area contributed by atoms with E-state index in [4.69, 9.17) is 4.94 Å². The summed E-state index contributed by atoms with van der Waals surface area (Å²) in [6.45, 7) is 1.69. The quantitative estimate of drug-likeness (QED) is 0.273. The molecule has 8 nitrogen and oxygen atoms in total. The van der Waals surface area contributed by atoms with Gasteiger partial charge in [0.25, 0.3) is 0 Å². The third kappa shape index (κ3) is 4.64. The molecule has 1 aromatic carbocycles. The van der Waals surface area contributed by atoms with Gasteiger partial charge in [-0.1, -0.05) is 0 Å². The van der Waals surface area contributed by atoms with Gasteiger partial charge in [-0.2, -0.15) is 11.0 Å². The van der Waals surface area contributed by atoms with Gasteiger partial charge in [0, 0.05) is 12.3 Å². The molecule has 142 valence electrons. The lowest BCUT2D eigenvalue weighted by Gasteiger charge is -2.24. The minimum atomic E-state index is -0.561. The van der Waals surface area contributed by atoms with Crippen LogP contribution in [-0.2, 0) is 9.73 Å². The average Bonchev–Trinajstić information content (AvgIpc) is 3.11. The van der Waals surface area contributed by atoms with Crippen LogP contribution in [-0.4, -0.2) is 42.0 Å². The molecule has 0 amide bonds. The Morgan fingerprint density at radius 2 is 2.15 bits per heavy atom. The molecule has 0 radical (unpaired) electrons. The fraction of sp³-hybridized carbons (Fsp3) is 0.500. The molecule has 0 aliphatic carbocycles. The van der Waals surface area contributed by atoms with Crippen molar-refractivity contribution in [3.8, 4) is 0 Å². The van der Waals surface area contributed by atoms with Crippen LogP contribution in [0.15, 0.2) is 27.7 Å². The van der Waals surface area contributed by atoms with Crippen molar-refractivity contribution in [2.75, 3.05) is 13.1 Å². The van der Waals surface area contributed by atoms with Gasteiger partial charge in [0.2, 0.25) is 0 Å². The lowest BCUT2D eigenvalue weighted by atomic mass is 9.88. The predicted octanol–water partition coefficient (Wildman–Crippen LogP) is 1.33. The number of carbonyl (C=O) groups is 1. The summed E-state index contributed by atoms with van der Waals surface area (Å²) in [5, 5.41) is 12.7. The third-order valence-electron chi connectivity index (χ3n) is 4.58. The second kappa shape index (κ2) is 8.98. The summed E-state index contributed by atoms with van der Waals surface area (Å²) in [6.07, 6.45) is 1.90. The van der Waals surface area contributed by atoms with E-state index in [0.29, 0.717) is 5.69 Å². The van der Waals surface area contributed by atoms with Gasteiger partial charge in [0.05, 0.1) is 16.2 Å². The molecule has 2 aliphatic rings. The van der Waals surface area contributed by atoms with Gasteiger partial charge in [0.15, 0.2) is 0 Å². The van der Waals surface area contributed by atoms with Crippen molar-refractivity contribution in [3.63, 3.8) is 0 Å². The number of amidine groups is 1. The van der Waals surface area contributed by atoms with Crippen LogP contribution in [0.25, 0.3) is 0 Å². The van der Waals surface area contributed by atoms with Crippen LogP contribution in [0.1, 0.15) is 19.3 Å². The Bertz CT molecular complexity index is 684. The number of aliphatic imine (C=N–C) groups is 1. The zero-order chi connectivity index (χ0) is 18.5. The number of nitrogens with zero attached hydrogens (tertiary/aromatic N) is 1. The Morgan fingerprint density at radius 1 is 1.38 bits per heavy atom. The van der Waals surface area contributed by atoms with Crippen LogP contribution in [0.5, 0.6) is 0 Å². The van der Waals surface area contributed by atoms with E-state index in [1.165, 1.54) is 18.2 Å². The number of Topliss-reactive ketones (excluding diaryl/α,β-unsaturated/α-hetero) is 1. The molecule has 0 bridgehead atoms. The average molecular weight is 430 g/mol. The lowest BCUT2D eigenvalue weighted by molar-refractivity contribution is -0.124. The standard InChI is InChI=1S/C16H21BrFN5O3/c17-11-7-10(1-2-12(11)18)20-16(21-25)15-13(22-26-23-15)8-14(24)9-3-5-19-6-4-9/h1-2,7,9,13,15,19,22-23,25H,3-6,8H2,(H,20,21). The fourth-order valence-corrected chi connectivity index (χ4v) is 3.48. The molecule has 1 aromatic rings. The van der Waals surface area contributed by atoms with E-state index in [-0.39, 0.29) is 34.5 Å². The number of benzene rings is 1. The molecule has 0 saturated carbocycles. The number of ketones is 1. The van der Waals surface area contributed by atoms with E-state index in [1.807, 2.05) is 5.48 Å².